The van der Waals surface area contributed by atoms with Gasteiger partial charge in [0, 0.05) is 30.0 Å². The second-order valence-corrected chi connectivity index (χ2v) is 8.85. The van der Waals surface area contributed by atoms with Crippen LogP contribution in [0.5, 0.6) is 0 Å². The number of amidine groups is 1. The molecule has 3 aliphatic rings. The summed E-state index contributed by atoms with van der Waals surface area (Å²) in [4.78, 5) is 26.3. The van der Waals surface area contributed by atoms with Crippen LogP contribution in [0, 0.1) is 12.8 Å². The van der Waals surface area contributed by atoms with Crippen molar-refractivity contribution < 1.29 is 18.0 Å². The smallest absolute Gasteiger partial charge is 0.257 e. The normalized spacial score (nSPS) is 20.0. The van der Waals surface area contributed by atoms with Gasteiger partial charge in [-0.15, -0.1) is 4.40 Å². The Hall–Kier alpha value is -2.94. The van der Waals surface area contributed by atoms with E-state index in [0.29, 0.717) is 22.8 Å². The van der Waals surface area contributed by atoms with Crippen LogP contribution in [0.3, 0.4) is 0 Å². The van der Waals surface area contributed by atoms with E-state index in [1.165, 1.54) is 6.08 Å². The molecule has 0 radical (unpaired) electrons. The summed E-state index contributed by atoms with van der Waals surface area (Å²) in [5.41, 5.74) is 2.50. The van der Waals surface area contributed by atoms with E-state index in [1.807, 2.05) is 19.1 Å². The Balaban J connectivity index is 1.49. The van der Waals surface area contributed by atoms with E-state index >= 15 is 0 Å². The lowest BCUT2D eigenvalue weighted by molar-refractivity contribution is -0.117. The average molecular weight is 400 g/mol. The second-order valence-electron chi connectivity index (χ2n) is 7.09. The predicted octanol–water partition coefficient (Wildman–Crippen LogP) is 1.78. The van der Waals surface area contributed by atoms with Gasteiger partial charge in [-0.1, -0.05) is 6.07 Å². The molecule has 146 valence electrons. The number of hydrogen-bond donors (Lipinski definition) is 2. The summed E-state index contributed by atoms with van der Waals surface area (Å²) in [7, 11) is -3.43. The molecule has 0 aromatic heterocycles. The maximum Gasteiger partial charge on any atom is 0.257 e. The third-order valence-corrected chi connectivity index (χ3v) is 5.95. The van der Waals surface area contributed by atoms with Crippen LogP contribution in [0.1, 0.15) is 18.4 Å². The molecule has 2 heterocycles. The lowest BCUT2D eigenvalue weighted by Crippen LogP contribution is -2.37. The van der Waals surface area contributed by atoms with Crippen molar-refractivity contribution in [3.8, 4) is 0 Å². The van der Waals surface area contributed by atoms with Crippen molar-refractivity contribution in [3.05, 3.63) is 47.7 Å². The first kappa shape index (κ1) is 18.4. The lowest BCUT2D eigenvalue weighted by Gasteiger charge is -2.27. The van der Waals surface area contributed by atoms with Crippen molar-refractivity contribution in [1.29, 1.82) is 0 Å². The zero-order chi connectivity index (χ0) is 19.9. The molecule has 1 saturated carbocycles. The number of sulfonamides is 1. The molecule has 28 heavy (non-hydrogen) atoms. The molecule has 4 rings (SSSR count). The van der Waals surface area contributed by atoms with Crippen LogP contribution in [0.2, 0.25) is 0 Å². The van der Waals surface area contributed by atoms with Gasteiger partial charge in [0.15, 0.2) is 0 Å². The van der Waals surface area contributed by atoms with Crippen LogP contribution < -0.4 is 10.6 Å². The molecule has 9 heteroatoms. The third kappa shape index (κ3) is 3.99. The van der Waals surface area contributed by atoms with E-state index in [2.05, 4.69) is 15.0 Å². The van der Waals surface area contributed by atoms with Crippen LogP contribution in [-0.2, 0) is 19.6 Å². The quantitative estimate of drug-likeness (QED) is 0.801. The summed E-state index contributed by atoms with van der Waals surface area (Å²) in [6.07, 6.45) is 6.50. The molecule has 1 aromatic carbocycles. The summed E-state index contributed by atoms with van der Waals surface area (Å²) in [6.45, 7) is 2.12. The van der Waals surface area contributed by atoms with Crippen molar-refractivity contribution in [2.75, 3.05) is 22.9 Å². The largest absolute Gasteiger partial charge is 0.330 e. The number of nitrogens with zero attached hydrogens (tertiary/aromatic N) is 2. The van der Waals surface area contributed by atoms with E-state index in [9.17, 15) is 18.0 Å². The van der Waals surface area contributed by atoms with Crippen molar-refractivity contribution in [1.82, 2.24) is 4.90 Å². The van der Waals surface area contributed by atoms with Crippen molar-refractivity contribution in [2.24, 2.45) is 10.3 Å². The molecular weight excluding hydrogens is 380 g/mol. The highest BCUT2D eigenvalue weighted by atomic mass is 32.2. The summed E-state index contributed by atoms with van der Waals surface area (Å²) >= 11 is 0. The minimum absolute atomic E-state index is 0.00548. The van der Waals surface area contributed by atoms with Crippen molar-refractivity contribution in [2.45, 2.75) is 19.8 Å². The molecule has 1 aliphatic carbocycles. The van der Waals surface area contributed by atoms with Gasteiger partial charge in [0.25, 0.3) is 15.9 Å². The minimum atomic E-state index is -3.43. The Kier molecular flexibility index (Phi) is 4.54. The summed E-state index contributed by atoms with van der Waals surface area (Å²) < 4.78 is 26.8. The van der Waals surface area contributed by atoms with Crippen LogP contribution >= 0.6 is 0 Å². The van der Waals surface area contributed by atoms with Crippen molar-refractivity contribution in [3.63, 3.8) is 0 Å². The van der Waals surface area contributed by atoms with Gasteiger partial charge < -0.3 is 15.5 Å². The number of hydrogen-bond acceptors (Lipinski definition) is 5. The fourth-order valence-corrected chi connectivity index (χ4v) is 3.92. The zero-order valence-electron chi connectivity index (χ0n) is 15.3. The molecule has 8 nitrogen and oxygen atoms in total. The van der Waals surface area contributed by atoms with Gasteiger partial charge in [-0.05, 0) is 49.6 Å². The first-order valence-corrected chi connectivity index (χ1v) is 10.6. The van der Waals surface area contributed by atoms with Gasteiger partial charge in [0.05, 0.1) is 11.3 Å². The van der Waals surface area contributed by atoms with E-state index in [0.717, 1.165) is 18.4 Å². The Morgan fingerprint density at radius 2 is 1.96 bits per heavy atom. The molecule has 1 fully saturated rings. The molecule has 2 aliphatic heterocycles. The van der Waals surface area contributed by atoms with Crippen LogP contribution in [-0.4, -0.2) is 43.3 Å². The van der Waals surface area contributed by atoms with Crippen LogP contribution in [0.4, 0.5) is 11.4 Å². The first-order valence-electron chi connectivity index (χ1n) is 9.03. The standard InChI is InChI=1S/C19H20N4O4S/c1-12-2-6-15(20-18(24)13-3-4-13)10-16(12)21-19(25)14-5-7-17-22-28(26,27)9-8-23(17)11-14/h2,5-7,10-11,13H,3-4,8-9H2,1H3,(H,20,24)(H,21,25). The minimum Gasteiger partial charge on any atom is -0.330 e. The highest BCUT2D eigenvalue weighted by Gasteiger charge is 2.29. The Morgan fingerprint density at radius 1 is 1.18 bits per heavy atom. The Bertz CT molecular complexity index is 1050. The van der Waals surface area contributed by atoms with Gasteiger partial charge in [-0.25, -0.2) is 8.42 Å². The van der Waals surface area contributed by atoms with E-state index < -0.39 is 10.0 Å². The highest BCUT2D eigenvalue weighted by Crippen LogP contribution is 2.31. The van der Waals surface area contributed by atoms with Crippen molar-refractivity contribution >= 4 is 39.0 Å². The fraction of sp³-hybridized carbons (Fsp3) is 0.316. The molecule has 1 aromatic rings. The topological polar surface area (TPSA) is 108 Å². The summed E-state index contributed by atoms with van der Waals surface area (Å²) in [5, 5.41) is 5.73. The number of nitrogens with one attached hydrogen (secondary N) is 2. The van der Waals surface area contributed by atoms with Gasteiger partial charge in [0.2, 0.25) is 5.91 Å². The van der Waals surface area contributed by atoms with E-state index in [-0.39, 0.29) is 30.0 Å². The van der Waals surface area contributed by atoms with Crippen LogP contribution in [0.25, 0.3) is 0 Å². The Morgan fingerprint density at radius 3 is 2.71 bits per heavy atom. The van der Waals surface area contributed by atoms with Gasteiger partial charge >= 0.3 is 0 Å². The SMILES string of the molecule is Cc1ccc(NC(=O)C2CC2)cc1NC(=O)C1=CN2CCS(=O)(=O)N=C2C=C1. The molecule has 0 saturated heterocycles. The second kappa shape index (κ2) is 6.90. The summed E-state index contributed by atoms with van der Waals surface area (Å²) in [6, 6.07) is 5.38. The predicted molar refractivity (Wildman–Crippen MR) is 106 cm³/mol. The molecule has 2 amide bonds. The van der Waals surface area contributed by atoms with E-state index in [1.54, 1.807) is 23.2 Å². The highest BCUT2D eigenvalue weighted by molar-refractivity contribution is 7.90. The monoisotopic (exact) mass is 400 g/mol. The zero-order valence-corrected chi connectivity index (χ0v) is 16.1. The lowest BCUT2D eigenvalue weighted by atomic mass is 10.1. The number of carbonyl (C=O) groups excluding carboxylic acids is 2. The van der Waals surface area contributed by atoms with Gasteiger partial charge in [0.1, 0.15) is 5.84 Å². The molecule has 0 unspecified atom stereocenters. The maximum atomic E-state index is 12.7. The maximum absolute atomic E-state index is 12.7. The molecular formula is C19H20N4O4S. The number of rotatable bonds is 4. The molecule has 2 N–H and O–H groups in total. The third-order valence-electron chi connectivity index (χ3n) is 4.79. The number of benzene rings is 1. The number of carbonyl (C=O) groups is 2. The first-order chi connectivity index (χ1) is 13.3. The summed E-state index contributed by atoms with van der Waals surface area (Å²) in [5.74, 6) is 0.00527. The van der Waals surface area contributed by atoms with Gasteiger partial charge in [-0.3, -0.25) is 9.59 Å². The average Bonchev–Trinajstić information content (AvgIpc) is 3.48. The molecule has 0 atom stereocenters. The number of amides is 2. The van der Waals surface area contributed by atoms with E-state index in [4.69, 9.17) is 0 Å². The van der Waals surface area contributed by atoms with Gasteiger partial charge in [-0.2, -0.15) is 0 Å². The Labute approximate surface area is 163 Å². The molecule has 0 bridgehead atoms. The number of anilines is 2. The number of fused-ring (bicyclic) bond motifs is 1. The fourth-order valence-electron chi connectivity index (χ4n) is 2.95. The molecule has 0 spiro atoms. The number of aryl methyl sites for hydroxylation is 1. The van der Waals surface area contributed by atoms with Crippen LogP contribution in [0.15, 0.2) is 46.5 Å².